The third-order valence-corrected chi connectivity index (χ3v) is 2.38. The number of carboxylic acid groups (broad SMARTS) is 1. The second-order valence-corrected chi connectivity index (χ2v) is 3.76. The van der Waals surface area contributed by atoms with Crippen molar-refractivity contribution in [2.75, 3.05) is 0 Å². The summed E-state index contributed by atoms with van der Waals surface area (Å²) in [6, 6.07) is 3.12. The van der Waals surface area contributed by atoms with Crippen LogP contribution in [0.4, 0.5) is 4.39 Å². The van der Waals surface area contributed by atoms with Gasteiger partial charge in [-0.1, -0.05) is 18.6 Å². The maximum absolute atomic E-state index is 13.4. The number of nitrogens with one attached hydrogen (secondary N) is 1. The third kappa shape index (κ3) is 3.27. The molecule has 0 aliphatic rings. The Kier molecular flexibility index (Phi) is 4.20. The summed E-state index contributed by atoms with van der Waals surface area (Å²) in [7, 11) is 0. The summed E-state index contributed by atoms with van der Waals surface area (Å²) in [5, 5.41) is 11.1. The minimum atomic E-state index is -1.13. The molecule has 0 aliphatic carbocycles. The molecule has 0 radical (unpaired) electrons. The summed E-state index contributed by atoms with van der Waals surface area (Å²) in [6.07, 6.45) is 0.245. The van der Waals surface area contributed by atoms with Gasteiger partial charge in [-0.05, 0) is 25.5 Å². The Morgan fingerprint density at radius 3 is 2.65 bits per heavy atom. The van der Waals surface area contributed by atoms with Crippen LogP contribution in [0, 0.1) is 12.7 Å². The lowest BCUT2D eigenvalue weighted by molar-refractivity contribution is -0.139. The van der Waals surface area contributed by atoms with Gasteiger partial charge in [-0.25, -0.2) is 9.18 Å². The number of hydrogen-bond acceptors (Lipinski definition) is 2. The molecule has 1 unspecified atom stereocenters. The smallest absolute Gasteiger partial charge is 0.326 e. The maximum Gasteiger partial charge on any atom is 0.326 e. The summed E-state index contributed by atoms with van der Waals surface area (Å²) < 4.78 is 13.4. The molecule has 0 bridgehead atoms. The highest BCUT2D eigenvalue weighted by Gasteiger charge is 2.20. The van der Waals surface area contributed by atoms with E-state index in [1.54, 1.807) is 19.9 Å². The zero-order valence-electron chi connectivity index (χ0n) is 9.66. The molecule has 0 heterocycles. The van der Waals surface area contributed by atoms with Crippen molar-refractivity contribution < 1.29 is 19.1 Å². The van der Waals surface area contributed by atoms with Gasteiger partial charge in [0.15, 0.2) is 0 Å². The number of halogens is 1. The molecule has 1 amide bonds. The molecule has 1 atom stereocenters. The molecule has 2 N–H and O–H groups in total. The number of aryl methyl sites for hydroxylation is 1. The van der Waals surface area contributed by atoms with Crippen LogP contribution in [-0.2, 0) is 4.79 Å². The molecule has 1 rings (SSSR count). The summed E-state index contributed by atoms with van der Waals surface area (Å²) in [6.45, 7) is 3.36. The predicted molar refractivity (Wildman–Crippen MR) is 60.3 cm³/mol. The fourth-order valence-electron chi connectivity index (χ4n) is 1.39. The maximum atomic E-state index is 13.4. The Morgan fingerprint density at radius 1 is 1.47 bits per heavy atom. The molecule has 0 aliphatic heterocycles. The van der Waals surface area contributed by atoms with Crippen LogP contribution in [-0.4, -0.2) is 23.0 Å². The number of rotatable bonds is 4. The summed E-state index contributed by atoms with van der Waals surface area (Å²) in [4.78, 5) is 22.4. The predicted octanol–water partition coefficient (Wildman–Crippen LogP) is 1.73. The molecule has 1 aromatic carbocycles. The van der Waals surface area contributed by atoms with Gasteiger partial charge in [0.25, 0.3) is 5.91 Å². The number of hydrogen-bond donors (Lipinski definition) is 2. The Bertz CT molecular complexity index is 445. The van der Waals surface area contributed by atoms with E-state index in [1.807, 2.05) is 0 Å². The number of carboxylic acids is 1. The fraction of sp³-hybridized carbons (Fsp3) is 0.333. The minimum Gasteiger partial charge on any atom is -0.480 e. The molecule has 17 heavy (non-hydrogen) atoms. The Balaban J connectivity index is 2.89. The van der Waals surface area contributed by atoms with Gasteiger partial charge in [-0.2, -0.15) is 0 Å². The average molecular weight is 239 g/mol. The molecular formula is C12H14FNO3. The van der Waals surface area contributed by atoms with E-state index in [2.05, 4.69) is 5.32 Å². The van der Waals surface area contributed by atoms with Gasteiger partial charge in [0.2, 0.25) is 0 Å². The van der Waals surface area contributed by atoms with Crippen molar-refractivity contribution in [1.82, 2.24) is 5.32 Å². The van der Waals surface area contributed by atoms with Crippen molar-refractivity contribution >= 4 is 11.9 Å². The lowest BCUT2D eigenvalue weighted by Crippen LogP contribution is -2.40. The molecule has 0 fully saturated rings. The van der Waals surface area contributed by atoms with Gasteiger partial charge < -0.3 is 10.4 Å². The van der Waals surface area contributed by atoms with Gasteiger partial charge in [-0.3, -0.25) is 4.79 Å². The minimum absolute atomic E-state index is 0.135. The number of aliphatic carboxylic acids is 1. The van der Waals surface area contributed by atoms with Gasteiger partial charge in [0.1, 0.15) is 11.9 Å². The molecule has 1 aromatic rings. The van der Waals surface area contributed by atoms with Gasteiger partial charge in [0.05, 0.1) is 5.56 Å². The van der Waals surface area contributed by atoms with E-state index in [9.17, 15) is 14.0 Å². The van der Waals surface area contributed by atoms with E-state index in [1.165, 1.54) is 12.1 Å². The van der Waals surface area contributed by atoms with Crippen LogP contribution in [0.1, 0.15) is 29.3 Å². The zero-order chi connectivity index (χ0) is 13.0. The molecule has 0 saturated heterocycles. The highest BCUT2D eigenvalue weighted by molar-refractivity contribution is 5.96. The zero-order valence-corrected chi connectivity index (χ0v) is 9.66. The van der Waals surface area contributed by atoms with E-state index in [0.29, 0.717) is 0 Å². The second kappa shape index (κ2) is 5.43. The summed E-state index contributed by atoms with van der Waals surface area (Å²) in [5.41, 5.74) is 0.602. The van der Waals surface area contributed by atoms with E-state index in [4.69, 9.17) is 5.11 Å². The molecular weight excluding hydrogens is 225 g/mol. The van der Waals surface area contributed by atoms with Crippen LogP contribution in [0.2, 0.25) is 0 Å². The van der Waals surface area contributed by atoms with Gasteiger partial charge in [0, 0.05) is 0 Å². The van der Waals surface area contributed by atoms with Crippen LogP contribution in [0.5, 0.6) is 0 Å². The number of carbonyl (C=O) groups excluding carboxylic acids is 1. The van der Waals surface area contributed by atoms with Crippen LogP contribution in [0.15, 0.2) is 18.2 Å². The van der Waals surface area contributed by atoms with E-state index in [-0.39, 0.29) is 12.0 Å². The first kappa shape index (κ1) is 13.2. The Morgan fingerprint density at radius 2 is 2.12 bits per heavy atom. The summed E-state index contributed by atoms with van der Waals surface area (Å²) in [5.74, 6) is -2.50. The Labute approximate surface area is 98.5 Å². The number of amides is 1. The first-order valence-electron chi connectivity index (χ1n) is 5.25. The van der Waals surface area contributed by atoms with Crippen molar-refractivity contribution in [2.45, 2.75) is 26.3 Å². The van der Waals surface area contributed by atoms with Crippen molar-refractivity contribution in [1.29, 1.82) is 0 Å². The molecule has 0 aromatic heterocycles. The normalized spacial score (nSPS) is 11.9. The van der Waals surface area contributed by atoms with Gasteiger partial charge in [-0.15, -0.1) is 0 Å². The number of benzene rings is 1. The largest absolute Gasteiger partial charge is 0.480 e. The first-order chi connectivity index (χ1) is 7.95. The number of carbonyl (C=O) groups is 2. The molecule has 5 heteroatoms. The lowest BCUT2D eigenvalue weighted by Gasteiger charge is -2.12. The van der Waals surface area contributed by atoms with Crippen LogP contribution < -0.4 is 5.32 Å². The molecule has 4 nitrogen and oxygen atoms in total. The van der Waals surface area contributed by atoms with Crippen LogP contribution in [0.3, 0.4) is 0 Å². The lowest BCUT2D eigenvalue weighted by atomic mass is 10.1. The molecule has 0 saturated carbocycles. The van der Waals surface area contributed by atoms with Gasteiger partial charge >= 0.3 is 5.97 Å². The van der Waals surface area contributed by atoms with Crippen LogP contribution in [0.25, 0.3) is 0 Å². The van der Waals surface area contributed by atoms with Crippen molar-refractivity contribution in [3.05, 3.63) is 35.1 Å². The SMILES string of the molecule is CCC(NC(=O)c1cc(C)ccc1F)C(=O)O. The second-order valence-electron chi connectivity index (χ2n) is 3.76. The first-order valence-corrected chi connectivity index (χ1v) is 5.25. The highest BCUT2D eigenvalue weighted by atomic mass is 19.1. The van der Waals surface area contributed by atoms with Crippen molar-refractivity contribution in [3.63, 3.8) is 0 Å². The standard InChI is InChI=1S/C12H14FNO3/c1-3-10(12(16)17)14-11(15)8-6-7(2)4-5-9(8)13/h4-6,10H,3H2,1-2H3,(H,14,15)(H,16,17). The average Bonchev–Trinajstić information content (AvgIpc) is 2.28. The van der Waals surface area contributed by atoms with E-state index < -0.39 is 23.7 Å². The van der Waals surface area contributed by atoms with Crippen molar-refractivity contribution in [2.24, 2.45) is 0 Å². The van der Waals surface area contributed by atoms with Crippen LogP contribution >= 0.6 is 0 Å². The third-order valence-electron chi connectivity index (χ3n) is 2.38. The van der Waals surface area contributed by atoms with E-state index in [0.717, 1.165) is 5.56 Å². The molecule has 0 spiro atoms. The fourth-order valence-corrected chi connectivity index (χ4v) is 1.39. The summed E-state index contributed by atoms with van der Waals surface area (Å²) >= 11 is 0. The van der Waals surface area contributed by atoms with Crippen molar-refractivity contribution in [3.8, 4) is 0 Å². The molecule has 92 valence electrons. The van der Waals surface area contributed by atoms with E-state index >= 15 is 0 Å². The monoisotopic (exact) mass is 239 g/mol. The topological polar surface area (TPSA) is 66.4 Å². The quantitative estimate of drug-likeness (QED) is 0.840. The Hall–Kier alpha value is -1.91. The highest BCUT2D eigenvalue weighted by Crippen LogP contribution is 2.10.